The third-order valence-corrected chi connectivity index (χ3v) is 2.00. The van der Waals surface area contributed by atoms with Gasteiger partial charge in [-0.05, 0) is 17.5 Å². The van der Waals surface area contributed by atoms with Crippen molar-refractivity contribution in [3.63, 3.8) is 0 Å². The van der Waals surface area contributed by atoms with Gasteiger partial charge in [-0.2, -0.15) is 0 Å². The van der Waals surface area contributed by atoms with Crippen LogP contribution in [0.1, 0.15) is 38.1 Å². The Hall–Kier alpha value is -1.84. The van der Waals surface area contributed by atoms with Gasteiger partial charge in [0.1, 0.15) is 11.3 Å². The molecule has 0 unspecified atom stereocenters. The first kappa shape index (κ1) is 14.2. The molecule has 0 aromatic heterocycles. The summed E-state index contributed by atoms with van der Waals surface area (Å²) in [5.41, 5.74) is 0.156. The molecule has 1 aromatic carbocycles. The van der Waals surface area contributed by atoms with Crippen LogP contribution in [0.4, 0.5) is 0 Å². The SMILES string of the molecule is CC(=O)Oc1ccccc1C(=O)OCC(C)(C)C. The Morgan fingerprint density at radius 1 is 1.17 bits per heavy atom. The molecule has 0 aliphatic carbocycles. The molecule has 18 heavy (non-hydrogen) atoms. The van der Waals surface area contributed by atoms with Crippen LogP contribution in [0.2, 0.25) is 0 Å². The van der Waals surface area contributed by atoms with Crippen molar-refractivity contribution in [1.82, 2.24) is 0 Å². The van der Waals surface area contributed by atoms with Crippen LogP contribution < -0.4 is 4.74 Å². The van der Waals surface area contributed by atoms with Crippen molar-refractivity contribution in [2.75, 3.05) is 6.61 Å². The van der Waals surface area contributed by atoms with Crippen LogP contribution in [0.3, 0.4) is 0 Å². The maximum atomic E-state index is 11.9. The van der Waals surface area contributed by atoms with Gasteiger partial charge in [-0.1, -0.05) is 32.9 Å². The van der Waals surface area contributed by atoms with E-state index in [0.717, 1.165) is 0 Å². The minimum absolute atomic E-state index is 0.105. The quantitative estimate of drug-likeness (QED) is 0.611. The molecule has 0 aliphatic rings. The third-order valence-electron chi connectivity index (χ3n) is 2.00. The monoisotopic (exact) mass is 250 g/mol. The van der Waals surface area contributed by atoms with Gasteiger partial charge in [-0.15, -0.1) is 0 Å². The highest BCUT2D eigenvalue weighted by molar-refractivity contribution is 5.93. The van der Waals surface area contributed by atoms with Gasteiger partial charge >= 0.3 is 11.9 Å². The van der Waals surface area contributed by atoms with E-state index in [9.17, 15) is 9.59 Å². The predicted molar refractivity (Wildman–Crippen MR) is 67.5 cm³/mol. The van der Waals surface area contributed by atoms with Crippen LogP contribution in [-0.2, 0) is 9.53 Å². The van der Waals surface area contributed by atoms with Crippen LogP contribution in [0.25, 0.3) is 0 Å². The summed E-state index contributed by atoms with van der Waals surface area (Å²) < 4.78 is 10.1. The maximum absolute atomic E-state index is 11.9. The number of hydrogen-bond acceptors (Lipinski definition) is 4. The Labute approximate surface area is 107 Å². The van der Waals surface area contributed by atoms with Crippen molar-refractivity contribution in [2.45, 2.75) is 27.7 Å². The number of carbonyl (C=O) groups excluding carboxylic acids is 2. The normalized spacial score (nSPS) is 10.9. The highest BCUT2D eigenvalue weighted by atomic mass is 16.5. The fourth-order valence-electron chi connectivity index (χ4n) is 1.24. The molecule has 0 radical (unpaired) electrons. The molecule has 98 valence electrons. The zero-order valence-corrected chi connectivity index (χ0v) is 11.1. The van der Waals surface area contributed by atoms with Crippen molar-refractivity contribution in [3.05, 3.63) is 29.8 Å². The van der Waals surface area contributed by atoms with Crippen LogP contribution in [0.5, 0.6) is 5.75 Å². The van der Waals surface area contributed by atoms with Crippen LogP contribution in [-0.4, -0.2) is 18.5 Å². The molecule has 0 atom stereocenters. The summed E-state index contributed by atoms with van der Waals surface area (Å²) in [6, 6.07) is 6.53. The smallest absolute Gasteiger partial charge is 0.341 e. The zero-order chi connectivity index (χ0) is 13.8. The van der Waals surface area contributed by atoms with E-state index in [1.807, 2.05) is 20.8 Å². The molecule has 4 nitrogen and oxygen atoms in total. The summed E-state index contributed by atoms with van der Waals surface area (Å²) in [7, 11) is 0. The van der Waals surface area contributed by atoms with E-state index in [4.69, 9.17) is 9.47 Å². The third kappa shape index (κ3) is 4.57. The van der Waals surface area contributed by atoms with Crippen molar-refractivity contribution in [1.29, 1.82) is 0 Å². The van der Waals surface area contributed by atoms with Gasteiger partial charge in [0.2, 0.25) is 0 Å². The fraction of sp³-hybridized carbons (Fsp3) is 0.429. The van der Waals surface area contributed by atoms with E-state index >= 15 is 0 Å². The minimum Gasteiger partial charge on any atom is -0.461 e. The molecule has 0 aliphatic heterocycles. The summed E-state index contributed by atoms with van der Waals surface area (Å²) in [6.07, 6.45) is 0. The summed E-state index contributed by atoms with van der Waals surface area (Å²) >= 11 is 0. The second kappa shape index (κ2) is 5.67. The van der Waals surface area contributed by atoms with E-state index in [0.29, 0.717) is 6.61 Å². The van der Waals surface area contributed by atoms with Gasteiger partial charge in [0.25, 0.3) is 0 Å². The van der Waals surface area contributed by atoms with Gasteiger partial charge < -0.3 is 9.47 Å². The first-order valence-electron chi connectivity index (χ1n) is 5.74. The summed E-state index contributed by atoms with van der Waals surface area (Å²) in [4.78, 5) is 22.8. The number of benzene rings is 1. The van der Waals surface area contributed by atoms with Crippen molar-refractivity contribution in [2.24, 2.45) is 5.41 Å². The standard InChI is InChI=1S/C14H18O4/c1-10(15)18-12-8-6-5-7-11(12)13(16)17-9-14(2,3)4/h5-8H,9H2,1-4H3. The Bertz CT molecular complexity index is 443. The number of ether oxygens (including phenoxy) is 2. The van der Waals surface area contributed by atoms with E-state index in [1.54, 1.807) is 24.3 Å². The topological polar surface area (TPSA) is 52.6 Å². The van der Waals surface area contributed by atoms with E-state index in [2.05, 4.69) is 0 Å². The van der Waals surface area contributed by atoms with E-state index in [-0.39, 0.29) is 16.7 Å². The summed E-state index contributed by atoms with van der Waals surface area (Å²) in [6.45, 7) is 7.51. The summed E-state index contributed by atoms with van der Waals surface area (Å²) in [5.74, 6) is -0.725. The van der Waals surface area contributed by atoms with Crippen molar-refractivity contribution >= 4 is 11.9 Å². The predicted octanol–water partition coefficient (Wildman–Crippen LogP) is 2.81. The highest BCUT2D eigenvalue weighted by Gasteiger charge is 2.18. The molecule has 1 rings (SSSR count). The van der Waals surface area contributed by atoms with Crippen LogP contribution >= 0.6 is 0 Å². The van der Waals surface area contributed by atoms with Gasteiger partial charge in [-0.25, -0.2) is 4.79 Å². The van der Waals surface area contributed by atoms with Crippen LogP contribution in [0, 0.1) is 5.41 Å². The molecule has 0 heterocycles. The molecule has 0 N–H and O–H groups in total. The van der Waals surface area contributed by atoms with Crippen molar-refractivity contribution in [3.8, 4) is 5.75 Å². The van der Waals surface area contributed by atoms with E-state index in [1.165, 1.54) is 6.92 Å². The first-order chi connectivity index (χ1) is 8.29. The first-order valence-corrected chi connectivity index (χ1v) is 5.74. The summed E-state index contributed by atoms with van der Waals surface area (Å²) in [5, 5.41) is 0. The second-order valence-electron chi connectivity index (χ2n) is 5.23. The van der Waals surface area contributed by atoms with Gasteiger partial charge in [0.05, 0.1) is 6.61 Å². The largest absolute Gasteiger partial charge is 0.461 e. The fourth-order valence-corrected chi connectivity index (χ4v) is 1.24. The van der Waals surface area contributed by atoms with Gasteiger partial charge in [0, 0.05) is 6.92 Å². The lowest BCUT2D eigenvalue weighted by atomic mass is 9.99. The highest BCUT2D eigenvalue weighted by Crippen LogP contribution is 2.21. The van der Waals surface area contributed by atoms with Gasteiger partial charge in [-0.3, -0.25) is 4.79 Å². The average Bonchev–Trinajstić information content (AvgIpc) is 2.25. The molecule has 4 heteroatoms. The Morgan fingerprint density at radius 2 is 1.78 bits per heavy atom. The Morgan fingerprint density at radius 3 is 2.33 bits per heavy atom. The molecular weight excluding hydrogens is 232 g/mol. The second-order valence-corrected chi connectivity index (χ2v) is 5.23. The molecule has 0 spiro atoms. The molecule has 0 saturated heterocycles. The Kier molecular flexibility index (Phi) is 4.48. The van der Waals surface area contributed by atoms with Crippen LogP contribution in [0.15, 0.2) is 24.3 Å². The molecular formula is C14H18O4. The lowest BCUT2D eigenvalue weighted by Gasteiger charge is -2.18. The number of hydrogen-bond donors (Lipinski definition) is 0. The molecule has 0 bridgehead atoms. The lowest BCUT2D eigenvalue weighted by molar-refractivity contribution is -0.131. The lowest BCUT2D eigenvalue weighted by Crippen LogP contribution is -2.19. The van der Waals surface area contributed by atoms with E-state index < -0.39 is 11.9 Å². The molecule has 0 amide bonds. The van der Waals surface area contributed by atoms with Crippen molar-refractivity contribution < 1.29 is 19.1 Å². The number of carbonyl (C=O) groups is 2. The number of esters is 2. The maximum Gasteiger partial charge on any atom is 0.341 e. The molecule has 0 fully saturated rings. The molecule has 0 saturated carbocycles. The zero-order valence-electron chi connectivity index (χ0n) is 11.1. The van der Waals surface area contributed by atoms with Gasteiger partial charge in [0.15, 0.2) is 0 Å². The number of rotatable bonds is 3. The molecule has 1 aromatic rings. The minimum atomic E-state index is -0.484. The number of para-hydroxylation sites is 1. The Balaban J connectivity index is 2.82. The average molecular weight is 250 g/mol.